The highest BCUT2D eigenvalue weighted by molar-refractivity contribution is 5.64. The Balaban J connectivity index is 2.22. The minimum absolute atomic E-state index is 0.0975. The molecule has 18 heavy (non-hydrogen) atoms. The third kappa shape index (κ3) is 2.57. The summed E-state index contributed by atoms with van der Waals surface area (Å²) < 4.78 is 9.65. The molecule has 0 saturated carbocycles. The third-order valence-corrected chi connectivity index (χ3v) is 2.19. The Kier molecular flexibility index (Phi) is 3.13. The fraction of sp³-hybridized carbons (Fsp3) is 0.182. The first-order valence-electron chi connectivity index (χ1n) is 5.15. The van der Waals surface area contributed by atoms with E-state index in [4.69, 9.17) is 15.0 Å². The number of phenols is 1. The van der Waals surface area contributed by atoms with Crippen molar-refractivity contribution >= 4 is 6.09 Å². The summed E-state index contributed by atoms with van der Waals surface area (Å²) in [6.07, 6.45) is -1.64. The third-order valence-electron chi connectivity index (χ3n) is 2.19. The van der Waals surface area contributed by atoms with Crippen LogP contribution in [0.2, 0.25) is 0 Å². The second-order valence-electron chi connectivity index (χ2n) is 3.59. The molecule has 1 aromatic heterocycles. The van der Waals surface area contributed by atoms with Gasteiger partial charge in [-0.2, -0.15) is 4.98 Å². The molecule has 1 aromatic carbocycles. The van der Waals surface area contributed by atoms with Crippen LogP contribution in [0.5, 0.6) is 5.75 Å². The zero-order valence-corrected chi connectivity index (χ0v) is 9.53. The normalized spacial score (nSPS) is 12.1. The van der Waals surface area contributed by atoms with Gasteiger partial charge in [-0.15, -0.1) is 0 Å². The smallest absolute Gasteiger partial charge is 0.405 e. The van der Waals surface area contributed by atoms with Gasteiger partial charge >= 0.3 is 6.09 Å². The molecule has 0 aliphatic carbocycles. The predicted molar refractivity (Wildman–Crippen MR) is 60.5 cm³/mol. The van der Waals surface area contributed by atoms with Gasteiger partial charge in [0, 0.05) is 5.56 Å². The number of aromatic nitrogens is 2. The second-order valence-corrected chi connectivity index (χ2v) is 3.59. The van der Waals surface area contributed by atoms with Crippen LogP contribution in [0, 0.1) is 0 Å². The average Bonchev–Trinajstić information content (AvgIpc) is 2.77. The first kappa shape index (κ1) is 11.9. The summed E-state index contributed by atoms with van der Waals surface area (Å²) in [7, 11) is 0. The number of phenolic OH excluding ortho intramolecular Hbond substituents is 1. The Morgan fingerprint density at radius 2 is 2.33 bits per heavy atom. The maximum Gasteiger partial charge on any atom is 0.405 e. The molecule has 0 saturated heterocycles. The molecule has 0 aliphatic rings. The van der Waals surface area contributed by atoms with Crippen molar-refractivity contribution in [3.63, 3.8) is 0 Å². The number of primary amides is 1. The number of hydrogen-bond donors (Lipinski definition) is 2. The minimum atomic E-state index is -0.917. The van der Waals surface area contributed by atoms with Gasteiger partial charge in [0.05, 0.1) is 0 Å². The molecule has 2 aromatic rings. The van der Waals surface area contributed by atoms with Crippen molar-refractivity contribution in [1.29, 1.82) is 0 Å². The number of benzene rings is 1. The molecule has 0 radical (unpaired) electrons. The Labute approximate surface area is 102 Å². The molecule has 1 heterocycles. The van der Waals surface area contributed by atoms with Crippen LogP contribution < -0.4 is 5.73 Å². The number of hydrogen-bond acceptors (Lipinski definition) is 6. The molecule has 94 valence electrons. The summed E-state index contributed by atoms with van der Waals surface area (Å²) in [6, 6.07) is 6.40. The molecule has 0 aliphatic heterocycles. The van der Waals surface area contributed by atoms with Crippen molar-refractivity contribution in [2.24, 2.45) is 5.73 Å². The lowest BCUT2D eigenvalue weighted by Crippen LogP contribution is -2.15. The Hall–Kier alpha value is -2.57. The first-order chi connectivity index (χ1) is 8.56. The monoisotopic (exact) mass is 249 g/mol. The van der Waals surface area contributed by atoms with E-state index in [9.17, 15) is 9.90 Å². The quantitative estimate of drug-likeness (QED) is 0.854. The van der Waals surface area contributed by atoms with Crippen molar-refractivity contribution in [3.05, 3.63) is 30.2 Å². The summed E-state index contributed by atoms with van der Waals surface area (Å²) in [5.74, 6) is 0.522. The van der Waals surface area contributed by atoms with Crippen LogP contribution in [0.15, 0.2) is 28.8 Å². The Bertz CT molecular complexity index is 567. The molecule has 3 N–H and O–H groups in total. The molecular formula is C11H11N3O4. The van der Waals surface area contributed by atoms with E-state index in [0.717, 1.165) is 0 Å². The maximum absolute atomic E-state index is 10.6. The fourth-order valence-electron chi connectivity index (χ4n) is 1.39. The number of rotatable bonds is 3. The second kappa shape index (κ2) is 4.74. The van der Waals surface area contributed by atoms with Crippen molar-refractivity contribution < 1.29 is 19.2 Å². The molecule has 7 heteroatoms. The molecule has 0 fully saturated rings. The SMILES string of the molecule is CC(OC(N)=O)c1nc(-c2cccc(O)c2)no1. The summed E-state index contributed by atoms with van der Waals surface area (Å²) in [5, 5.41) is 13.1. The van der Waals surface area contributed by atoms with Gasteiger partial charge in [-0.1, -0.05) is 17.3 Å². The molecular weight excluding hydrogens is 238 g/mol. The number of amides is 1. The van der Waals surface area contributed by atoms with E-state index in [0.29, 0.717) is 11.4 Å². The van der Waals surface area contributed by atoms with Crippen LogP contribution in [0.3, 0.4) is 0 Å². The van der Waals surface area contributed by atoms with E-state index in [1.165, 1.54) is 12.1 Å². The standard InChI is InChI=1S/C11H11N3O4/c1-6(17-11(12)16)10-13-9(14-18-10)7-3-2-4-8(15)5-7/h2-6,15H,1H3,(H2,12,16). The molecule has 1 atom stereocenters. The van der Waals surface area contributed by atoms with E-state index >= 15 is 0 Å². The summed E-state index contributed by atoms with van der Waals surface area (Å²) in [6.45, 7) is 1.56. The fourth-order valence-corrected chi connectivity index (χ4v) is 1.39. The van der Waals surface area contributed by atoms with Crippen LogP contribution in [-0.4, -0.2) is 21.3 Å². The van der Waals surface area contributed by atoms with Crippen LogP contribution in [0.1, 0.15) is 18.9 Å². The zero-order chi connectivity index (χ0) is 13.1. The van der Waals surface area contributed by atoms with Crippen molar-refractivity contribution in [3.8, 4) is 17.1 Å². The van der Waals surface area contributed by atoms with Gasteiger partial charge in [0.15, 0.2) is 6.10 Å². The van der Waals surface area contributed by atoms with E-state index in [2.05, 4.69) is 10.1 Å². The highest BCUT2D eigenvalue weighted by Crippen LogP contribution is 2.22. The minimum Gasteiger partial charge on any atom is -0.508 e. The zero-order valence-electron chi connectivity index (χ0n) is 9.53. The summed E-state index contributed by atoms with van der Waals surface area (Å²) in [5.41, 5.74) is 5.48. The van der Waals surface area contributed by atoms with E-state index in [1.54, 1.807) is 19.1 Å². The Morgan fingerprint density at radius 3 is 3.00 bits per heavy atom. The number of ether oxygens (including phenoxy) is 1. The highest BCUT2D eigenvalue weighted by atomic mass is 16.6. The largest absolute Gasteiger partial charge is 0.508 e. The molecule has 0 bridgehead atoms. The molecule has 1 unspecified atom stereocenters. The van der Waals surface area contributed by atoms with Gasteiger partial charge in [0.2, 0.25) is 5.82 Å². The van der Waals surface area contributed by atoms with Gasteiger partial charge < -0.3 is 20.1 Å². The van der Waals surface area contributed by atoms with E-state index < -0.39 is 12.2 Å². The summed E-state index contributed by atoms with van der Waals surface area (Å²) >= 11 is 0. The van der Waals surface area contributed by atoms with Crippen LogP contribution in [0.25, 0.3) is 11.4 Å². The van der Waals surface area contributed by atoms with Crippen LogP contribution in [-0.2, 0) is 4.74 Å². The molecule has 7 nitrogen and oxygen atoms in total. The predicted octanol–water partition coefficient (Wildman–Crippen LogP) is 1.60. The number of nitrogens with zero attached hydrogens (tertiary/aromatic N) is 2. The van der Waals surface area contributed by atoms with Crippen molar-refractivity contribution in [1.82, 2.24) is 10.1 Å². The van der Waals surface area contributed by atoms with Gasteiger partial charge in [-0.05, 0) is 19.1 Å². The molecule has 1 amide bonds. The van der Waals surface area contributed by atoms with Gasteiger partial charge in [-0.25, -0.2) is 4.79 Å². The highest BCUT2D eigenvalue weighted by Gasteiger charge is 2.17. The van der Waals surface area contributed by atoms with E-state index in [-0.39, 0.29) is 11.6 Å². The van der Waals surface area contributed by atoms with E-state index in [1.807, 2.05) is 0 Å². The van der Waals surface area contributed by atoms with Crippen LogP contribution in [0.4, 0.5) is 4.79 Å². The number of aromatic hydroxyl groups is 1. The number of carbonyl (C=O) groups is 1. The summed E-state index contributed by atoms with van der Waals surface area (Å²) in [4.78, 5) is 14.6. The van der Waals surface area contributed by atoms with Gasteiger partial charge in [-0.3, -0.25) is 0 Å². The number of nitrogens with two attached hydrogens (primary N) is 1. The average molecular weight is 249 g/mol. The van der Waals surface area contributed by atoms with Crippen molar-refractivity contribution in [2.45, 2.75) is 13.0 Å². The van der Waals surface area contributed by atoms with Gasteiger partial charge in [0.1, 0.15) is 5.75 Å². The lowest BCUT2D eigenvalue weighted by Gasteiger charge is -2.04. The lowest BCUT2D eigenvalue weighted by atomic mass is 10.2. The lowest BCUT2D eigenvalue weighted by molar-refractivity contribution is 0.0959. The first-order valence-corrected chi connectivity index (χ1v) is 5.15. The van der Waals surface area contributed by atoms with Gasteiger partial charge in [0.25, 0.3) is 5.89 Å². The topological polar surface area (TPSA) is 111 Å². The van der Waals surface area contributed by atoms with Crippen molar-refractivity contribution in [2.75, 3.05) is 0 Å². The van der Waals surface area contributed by atoms with Crippen LogP contribution >= 0.6 is 0 Å². The molecule has 2 rings (SSSR count). The maximum atomic E-state index is 10.6. The molecule has 0 spiro atoms. The Morgan fingerprint density at radius 1 is 1.56 bits per heavy atom. The number of carbonyl (C=O) groups excluding carboxylic acids is 1.